The molecule has 1 saturated carbocycles. The summed E-state index contributed by atoms with van der Waals surface area (Å²) in [6.45, 7) is 0.731. The molecule has 0 spiro atoms. The van der Waals surface area contributed by atoms with Crippen molar-refractivity contribution < 1.29 is 4.79 Å². The van der Waals surface area contributed by atoms with E-state index in [0.717, 1.165) is 11.0 Å². The summed E-state index contributed by atoms with van der Waals surface area (Å²) in [6.07, 6.45) is 2.96. The molecule has 3 nitrogen and oxygen atoms in total. The van der Waals surface area contributed by atoms with E-state index < -0.39 is 0 Å². The Morgan fingerprint density at radius 1 is 1.47 bits per heavy atom. The molecule has 0 radical (unpaired) electrons. The Bertz CT molecular complexity index is 421. The number of hydrogen-bond acceptors (Lipinski definition) is 2. The fourth-order valence-electron chi connectivity index (χ4n) is 1.48. The Hall–Kier alpha value is -0.580. The molecule has 1 aliphatic carbocycles. The van der Waals surface area contributed by atoms with Gasteiger partial charge in [-0.2, -0.15) is 0 Å². The number of carbonyl (C=O) groups excluding carboxylic acids is 1. The normalized spacial score (nSPS) is 14.7. The van der Waals surface area contributed by atoms with Gasteiger partial charge >= 0.3 is 0 Å². The fourth-order valence-corrected chi connectivity index (χ4v) is 2.00. The molecule has 0 bridgehead atoms. The van der Waals surface area contributed by atoms with Gasteiger partial charge < -0.3 is 10.6 Å². The summed E-state index contributed by atoms with van der Waals surface area (Å²) < 4.78 is 0.838. The Balaban J connectivity index is 1.81. The van der Waals surface area contributed by atoms with Crippen LogP contribution in [0.3, 0.4) is 0 Å². The summed E-state index contributed by atoms with van der Waals surface area (Å²) in [5.74, 6) is 0.00103. The zero-order chi connectivity index (χ0) is 12.3. The van der Waals surface area contributed by atoms with Crippen molar-refractivity contribution in [2.75, 3.05) is 11.9 Å². The van der Waals surface area contributed by atoms with E-state index >= 15 is 0 Å². The molecule has 0 aromatic heterocycles. The molecule has 0 aliphatic heterocycles. The largest absolute Gasteiger partial charge is 0.325 e. The van der Waals surface area contributed by atoms with Crippen LogP contribution < -0.4 is 10.6 Å². The molecule has 92 valence electrons. The molecule has 1 aliphatic rings. The minimum absolute atomic E-state index is 0.00103. The number of halogens is 2. The quantitative estimate of drug-likeness (QED) is 0.876. The average Bonchev–Trinajstić information content (AvgIpc) is 3.07. The van der Waals surface area contributed by atoms with Crippen LogP contribution in [0.25, 0.3) is 0 Å². The SMILES string of the molecule is O=C(CCNC1CC1)Nc1cc(Cl)ccc1Br. The highest BCUT2D eigenvalue weighted by atomic mass is 79.9. The molecule has 1 fully saturated rings. The standard InChI is InChI=1S/C12H14BrClN2O/c13-10-4-1-8(14)7-11(10)16-12(17)5-6-15-9-2-3-9/h1,4,7,9,15H,2-3,5-6H2,(H,16,17). The number of hydrogen-bond donors (Lipinski definition) is 2. The number of benzene rings is 1. The molecular weight excluding hydrogens is 304 g/mol. The molecule has 0 heterocycles. The molecule has 5 heteroatoms. The number of anilines is 1. The van der Waals surface area contributed by atoms with Gasteiger partial charge in [0.15, 0.2) is 0 Å². The molecule has 2 N–H and O–H groups in total. The van der Waals surface area contributed by atoms with E-state index in [4.69, 9.17) is 11.6 Å². The van der Waals surface area contributed by atoms with E-state index in [1.807, 2.05) is 6.07 Å². The van der Waals surface area contributed by atoms with Crippen LogP contribution in [0.1, 0.15) is 19.3 Å². The first kappa shape index (κ1) is 12.9. The van der Waals surface area contributed by atoms with Crippen molar-refractivity contribution in [1.82, 2.24) is 5.32 Å². The van der Waals surface area contributed by atoms with Crippen LogP contribution in [0.15, 0.2) is 22.7 Å². The first-order valence-corrected chi connectivity index (χ1v) is 6.80. The van der Waals surface area contributed by atoms with Crippen molar-refractivity contribution in [3.05, 3.63) is 27.7 Å². The number of rotatable bonds is 5. The van der Waals surface area contributed by atoms with Gasteiger partial charge in [0.25, 0.3) is 0 Å². The van der Waals surface area contributed by atoms with Crippen molar-refractivity contribution in [1.29, 1.82) is 0 Å². The molecule has 1 amide bonds. The Morgan fingerprint density at radius 2 is 2.24 bits per heavy atom. The third-order valence-electron chi connectivity index (χ3n) is 2.56. The Labute approximate surface area is 114 Å². The molecule has 0 saturated heterocycles. The molecule has 17 heavy (non-hydrogen) atoms. The topological polar surface area (TPSA) is 41.1 Å². The van der Waals surface area contributed by atoms with Crippen LogP contribution in [-0.4, -0.2) is 18.5 Å². The van der Waals surface area contributed by atoms with Crippen molar-refractivity contribution in [3.63, 3.8) is 0 Å². The van der Waals surface area contributed by atoms with Gasteiger partial charge in [-0.15, -0.1) is 0 Å². The second-order valence-electron chi connectivity index (χ2n) is 4.15. The van der Waals surface area contributed by atoms with Crippen LogP contribution in [-0.2, 0) is 4.79 Å². The van der Waals surface area contributed by atoms with E-state index in [1.54, 1.807) is 12.1 Å². The maximum absolute atomic E-state index is 11.7. The van der Waals surface area contributed by atoms with Gasteiger partial charge in [0, 0.05) is 28.5 Å². The smallest absolute Gasteiger partial charge is 0.225 e. The van der Waals surface area contributed by atoms with Crippen molar-refractivity contribution in [2.45, 2.75) is 25.3 Å². The minimum Gasteiger partial charge on any atom is -0.325 e. The zero-order valence-corrected chi connectivity index (χ0v) is 11.6. The number of nitrogens with one attached hydrogen (secondary N) is 2. The zero-order valence-electron chi connectivity index (χ0n) is 9.30. The van der Waals surface area contributed by atoms with Crippen LogP contribution in [0.5, 0.6) is 0 Å². The summed E-state index contributed by atoms with van der Waals surface area (Å²) in [4.78, 5) is 11.7. The van der Waals surface area contributed by atoms with Crippen LogP contribution in [0.2, 0.25) is 5.02 Å². The highest BCUT2D eigenvalue weighted by molar-refractivity contribution is 9.10. The van der Waals surface area contributed by atoms with Crippen molar-refractivity contribution in [2.24, 2.45) is 0 Å². The lowest BCUT2D eigenvalue weighted by atomic mass is 10.3. The molecular formula is C12H14BrClN2O. The third kappa shape index (κ3) is 4.30. The average molecular weight is 318 g/mol. The summed E-state index contributed by atoms with van der Waals surface area (Å²) in [5.41, 5.74) is 0.717. The van der Waals surface area contributed by atoms with Gasteiger partial charge in [-0.25, -0.2) is 0 Å². The van der Waals surface area contributed by atoms with E-state index in [-0.39, 0.29) is 5.91 Å². The van der Waals surface area contributed by atoms with Crippen LogP contribution >= 0.6 is 27.5 Å². The summed E-state index contributed by atoms with van der Waals surface area (Å²) in [7, 11) is 0. The van der Waals surface area contributed by atoms with Crippen molar-refractivity contribution >= 4 is 39.1 Å². The summed E-state index contributed by atoms with van der Waals surface area (Å²) in [5, 5.41) is 6.75. The van der Waals surface area contributed by atoms with Gasteiger partial charge in [0.1, 0.15) is 0 Å². The van der Waals surface area contributed by atoms with Crippen molar-refractivity contribution in [3.8, 4) is 0 Å². The lowest BCUT2D eigenvalue weighted by molar-refractivity contribution is -0.116. The summed E-state index contributed by atoms with van der Waals surface area (Å²) in [6, 6.07) is 5.97. The Morgan fingerprint density at radius 3 is 2.94 bits per heavy atom. The van der Waals surface area contributed by atoms with E-state index in [9.17, 15) is 4.79 Å². The molecule has 1 aromatic rings. The second-order valence-corrected chi connectivity index (χ2v) is 5.44. The monoisotopic (exact) mass is 316 g/mol. The van der Waals surface area contributed by atoms with Gasteiger partial charge in [-0.05, 0) is 47.0 Å². The molecule has 0 unspecified atom stereocenters. The highest BCUT2D eigenvalue weighted by Crippen LogP contribution is 2.26. The molecule has 1 aromatic carbocycles. The highest BCUT2D eigenvalue weighted by Gasteiger charge is 2.20. The first-order valence-electron chi connectivity index (χ1n) is 5.63. The summed E-state index contributed by atoms with van der Waals surface area (Å²) >= 11 is 9.24. The first-order chi connectivity index (χ1) is 8.15. The van der Waals surface area contributed by atoms with Crippen LogP contribution in [0.4, 0.5) is 5.69 Å². The maximum atomic E-state index is 11.7. The predicted octanol–water partition coefficient (Wildman–Crippen LogP) is 3.18. The van der Waals surface area contributed by atoms with E-state index in [0.29, 0.717) is 23.2 Å². The predicted molar refractivity (Wildman–Crippen MR) is 73.4 cm³/mol. The third-order valence-corrected chi connectivity index (χ3v) is 3.49. The second kappa shape index (κ2) is 5.85. The lowest BCUT2D eigenvalue weighted by Crippen LogP contribution is -2.23. The van der Waals surface area contributed by atoms with Gasteiger partial charge in [0.05, 0.1) is 5.69 Å². The van der Waals surface area contributed by atoms with Crippen LogP contribution in [0, 0.1) is 0 Å². The number of carbonyl (C=O) groups is 1. The fraction of sp³-hybridized carbons (Fsp3) is 0.417. The Kier molecular flexibility index (Phi) is 4.42. The maximum Gasteiger partial charge on any atom is 0.225 e. The molecule has 0 atom stereocenters. The minimum atomic E-state index is 0.00103. The lowest BCUT2D eigenvalue weighted by Gasteiger charge is -2.08. The van der Waals surface area contributed by atoms with Gasteiger partial charge in [-0.1, -0.05) is 11.6 Å². The van der Waals surface area contributed by atoms with E-state index in [1.165, 1.54) is 12.8 Å². The number of amides is 1. The van der Waals surface area contributed by atoms with E-state index in [2.05, 4.69) is 26.6 Å². The molecule has 2 rings (SSSR count). The van der Waals surface area contributed by atoms with Gasteiger partial charge in [-0.3, -0.25) is 4.79 Å². The van der Waals surface area contributed by atoms with Gasteiger partial charge in [0.2, 0.25) is 5.91 Å².